The summed E-state index contributed by atoms with van der Waals surface area (Å²) in [4.78, 5) is 26.3. The minimum absolute atomic E-state index is 0.198. The van der Waals surface area contributed by atoms with E-state index in [9.17, 15) is 18.2 Å². The van der Waals surface area contributed by atoms with Gasteiger partial charge in [0.2, 0.25) is 0 Å². The molecular formula is C25H19FO5S. The van der Waals surface area contributed by atoms with Gasteiger partial charge in [-0.1, -0.05) is 36.4 Å². The molecule has 7 heteroatoms. The molecule has 0 aliphatic carbocycles. The summed E-state index contributed by atoms with van der Waals surface area (Å²) in [6.45, 7) is 0. The number of hydrogen-bond donors (Lipinski definition) is 0. The second-order valence-electron chi connectivity index (χ2n) is 7.10. The van der Waals surface area contributed by atoms with E-state index in [4.69, 9.17) is 9.47 Å². The van der Waals surface area contributed by atoms with Crippen molar-refractivity contribution in [1.82, 2.24) is 0 Å². The number of carbonyl (C=O) groups excluding carboxylic acids is 2. The molecule has 0 fully saturated rings. The van der Waals surface area contributed by atoms with Crippen LogP contribution in [0.4, 0.5) is 4.39 Å². The number of esters is 1. The second kappa shape index (κ2) is 8.98. The van der Waals surface area contributed by atoms with Crippen LogP contribution in [0.25, 0.3) is 11.6 Å². The number of ketones is 1. The maximum atomic E-state index is 14.0. The summed E-state index contributed by atoms with van der Waals surface area (Å²) >= 11 is 0. The van der Waals surface area contributed by atoms with Crippen LogP contribution in [0.15, 0.2) is 76.5 Å². The second-order valence-corrected chi connectivity index (χ2v) is 8.52. The predicted molar refractivity (Wildman–Crippen MR) is 118 cm³/mol. The first-order valence-electron chi connectivity index (χ1n) is 9.72. The molecular weight excluding hydrogens is 431 g/mol. The highest BCUT2D eigenvalue weighted by Gasteiger charge is 2.30. The summed E-state index contributed by atoms with van der Waals surface area (Å²) in [5, 5.41) is 0. The molecule has 0 bridgehead atoms. The molecule has 3 aromatic rings. The van der Waals surface area contributed by atoms with Gasteiger partial charge in [0.25, 0.3) is 0 Å². The van der Waals surface area contributed by atoms with Crippen molar-refractivity contribution in [1.29, 1.82) is 0 Å². The van der Waals surface area contributed by atoms with E-state index in [2.05, 4.69) is 0 Å². The highest BCUT2D eigenvalue weighted by molar-refractivity contribution is 7.85. The highest BCUT2D eigenvalue weighted by Crippen LogP contribution is 2.37. The minimum atomic E-state index is -1.76. The van der Waals surface area contributed by atoms with E-state index in [1.807, 2.05) is 6.07 Å². The monoisotopic (exact) mass is 450 g/mol. The van der Waals surface area contributed by atoms with Crippen molar-refractivity contribution in [2.45, 2.75) is 15.9 Å². The number of benzene rings is 3. The molecule has 0 saturated heterocycles. The van der Waals surface area contributed by atoms with E-state index in [0.29, 0.717) is 21.6 Å². The topological polar surface area (TPSA) is 69.7 Å². The van der Waals surface area contributed by atoms with E-state index >= 15 is 0 Å². The molecule has 1 heterocycles. The lowest BCUT2D eigenvalue weighted by Crippen LogP contribution is -2.17. The molecule has 1 aliphatic heterocycles. The molecule has 0 saturated carbocycles. The van der Waals surface area contributed by atoms with Crippen molar-refractivity contribution in [2.75, 3.05) is 14.2 Å². The molecule has 2 unspecified atom stereocenters. The number of hydrogen-bond acceptors (Lipinski definition) is 5. The van der Waals surface area contributed by atoms with Gasteiger partial charge in [0.05, 0.1) is 33.3 Å². The SMILES string of the molecule is COC(=O)c1ccc2c(c1)S(=O)c1ccc(F)cc1C=C2C(=O)C(OC)c1ccccc1. The van der Waals surface area contributed by atoms with Gasteiger partial charge in [0.1, 0.15) is 11.9 Å². The largest absolute Gasteiger partial charge is 0.465 e. The Morgan fingerprint density at radius 2 is 1.69 bits per heavy atom. The summed E-state index contributed by atoms with van der Waals surface area (Å²) in [7, 11) is 0.920. The molecule has 0 aromatic heterocycles. The van der Waals surface area contributed by atoms with Gasteiger partial charge in [-0.05, 0) is 47.5 Å². The maximum absolute atomic E-state index is 14.0. The lowest BCUT2D eigenvalue weighted by Gasteiger charge is -2.18. The van der Waals surface area contributed by atoms with Crippen LogP contribution in [0.2, 0.25) is 0 Å². The van der Waals surface area contributed by atoms with Crippen molar-refractivity contribution in [3.63, 3.8) is 0 Å². The molecule has 0 amide bonds. The van der Waals surface area contributed by atoms with Crippen LogP contribution in [0.1, 0.15) is 33.2 Å². The van der Waals surface area contributed by atoms with Gasteiger partial charge < -0.3 is 9.47 Å². The predicted octanol–water partition coefficient (Wildman–Crippen LogP) is 4.59. The van der Waals surface area contributed by atoms with Crippen LogP contribution >= 0.6 is 0 Å². The van der Waals surface area contributed by atoms with Crippen LogP contribution in [-0.2, 0) is 25.1 Å². The third-order valence-electron chi connectivity index (χ3n) is 5.21. The molecule has 4 rings (SSSR count). The zero-order chi connectivity index (χ0) is 22.8. The highest BCUT2D eigenvalue weighted by atomic mass is 32.2. The molecule has 0 radical (unpaired) electrons. The van der Waals surface area contributed by atoms with E-state index in [0.717, 1.165) is 0 Å². The van der Waals surface area contributed by atoms with Gasteiger partial charge in [-0.2, -0.15) is 0 Å². The summed E-state index contributed by atoms with van der Waals surface area (Å²) in [6, 6.07) is 17.3. The Kier molecular flexibility index (Phi) is 6.12. The number of Topliss-reactive ketones (excluding diaryl/α,β-unsaturated/α-hetero) is 1. The summed E-state index contributed by atoms with van der Waals surface area (Å²) in [5.41, 5.74) is 1.77. The van der Waals surface area contributed by atoms with Crippen molar-refractivity contribution >= 4 is 34.2 Å². The quantitative estimate of drug-likeness (QED) is 0.532. The Morgan fingerprint density at radius 3 is 2.38 bits per heavy atom. The molecule has 162 valence electrons. The number of methoxy groups -OCH3 is 2. The van der Waals surface area contributed by atoms with Gasteiger partial charge in [-0.25, -0.2) is 13.4 Å². The first-order valence-corrected chi connectivity index (χ1v) is 10.9. The van der Waals surface area contributed by atoms with Gasteiger partial charge in [0, 0.05) is 18.2 Å². The van der Waals surface area contributed by atoms with Crippen LogP contribution in [-0.4, -0.2) is 30.2 Å². The number of carbonyl (C=O) groups is 2. The number of rotatable bonds is 5. The third-order valence-corrected chi connectivity index (χ3v) is 6.71. The van der Waals surface area contributed by atoms with Crippen molar-refractivity contribution < 1.29 is 27.7 Å². The minimum Gasteiger partial charge on any atom is -0.465 e. The van der Waals surface area contributed by atoms with Crippen molar-refractivity contribution in [3.05, 3.63) is 94.8 Å². The standard InChI is InChI=1S/C25H19FO5S/c1-30-24(15-6-4-3-5-7-15)23(27)20-13-17-12-18(26)9-11-21(17)32(29)22-14-16(25(28)31-2)8-10-19(20)22/h3-14,24H,1-2H3. The van der Waals surface area contributed by atoms with Crippen LogP contribution < -0.4 is 0 Å². The zero-order valence-corrected chi connectivity index (χ0v) is 18.1. The smallest absolute Gasteiger partial charge is 0.337 e. The third kappa shape index (κ3) is 3.92. The Hall–Kier alpha value is -3.42. The fourth-order valence-corrected chi connectivity index (χ4v) is 5.04. The summed E-state index contributed by atoms with van der Waals surface area (Å²) in [5.74, 6) is -1.49. The molecule has 5 nitrogen and oxygen atoms in total. The van der Waals surface area contributed by atoms with Crippen molar-refractivity contribution in [2.24, 2.45) is 0 Å². The number of fused-ring (bicyclic) bond motifs is 2. The fraction of sp³-hybridized carbons (Fsp3) is 0.120. The molecule has 3 aromatic carbocycles. The molecule has 32 heavy (non-hydrogen) atoms. The van der Waals surface area contributed by atoms with E-state index in [-0.39, 0.29) is 21.8 Å². The van der Waals surface area contributed by atoms with E-state index in [1.165, 1.54) is 50.6 Å². The lowest BCUT2D eigenvalue weighted by atomic mass is 9.92. The lowest BCUT2D eigenvalue weighted by molar-refractivity contribution is -0.123. The zero-order valence-electron chi connectivity index (χ0n) is 17.3. The Morgan fingerprint density at radius 1 is 0.938 bits per heavy atom. The van der Waals surface area contributed by atoms with Crippen LogP contribution in [0.3, 0.4) is 0 Å². The van der Waals surface area contributed by atoms with Crippen LogP contribution in [0, 0.1) is 5.82 Å². The Labute approximate surface area is 186 Å². The van der Waals surface area contributed by atoms with Crippen LogP contribution in [0.5, 0.6) is 0 Å². The molecule has 1 aliphatic rings. The summed E-state index contributed by atoms with van der Waals surface area (Å²) < 4.78 is 37.7. The number of halogens is 1. The van der Waals surface area contributed by atoms with Gasteiger partial charge in [0.15, 0.2) is 5.78 Å². The first kappa shape index (κ1) is 21.8. The Balaban J connectivity index is 1.94. The normalized spacial score (nSPS) is 15.6. The average Bonchev–Trinajstić information content (AvgIpc) is 2.93. The summed E-state index contributed by atoms with van der Waals surface area (Å²) in [6.07, 6.45) is 0.608. The Bertz CT molecular complexity index is 1270. The van der Waals surface area contributed by atoms with Gasteiger partial charge in [-0.15, -0.1) is 0 Å². The van der Waals surface area contributed by atoms with Gasteiger partial charge in [-0.3, -0.25) is 4.79 Å². The van der Waals surface area contributed by atoms with Gasteiger partial charge >= 0.3 is 5.97 Å². The average molecular weight is 450 g/mol. The maximum Gasteiger partial charge on any atom is 0.337 e. The van der Waals surface area contributed by atoms with E-state index < -0.39 is 28.7 Å². The number of ether oxygens (including phenoxy) is 2. The molecule has 0 spiro atoms. The molecule has 0 N–H and O–H groups in total. The first-order chi connectivity index (χ1) is 15.4. The molecule has 2 atom stereocenters. The van der Waals surface area contributed by atoms with Crippen molar-refractivity contribution in [3.8, 4) is 0 Å². The fourth-order valence-electron chi connectivity index (χ4n) is 3.66. The van der Waals surface area contributed by atoms with E-state index in [1.54, 1.807) is 30.3 Å².